The molecule has 1 saturated heterocycles. The van der Waals surface area contributed by atoms with Crippen LogP contribution in [0.25, 0.3) is 0 Å². The van der Waals surface area contributed by atoms with Gasteiger partial charge in [0.15, 0.2) is 0 Å². The molecule has 1 aromatic carbocycles. The quantitative estimate of drug-likeness (QED) is 0.576. The average molecular weight is 309 g/mol. The van der Waals surface area contributed by atoms with Crippen molar-refractivity contribution in [1.29, 1.82) is 0 Å². The van der Waals surface area contributed by atoms with Crippen molar-refractivity contribution < 1.29 is 4.79 Å². The second kappa shape index (κ2) is 7.54. The molecule has 0 aliphatic carbocycles. The van der Waals surface area contributed by atoms with Crippen molar-refractivity contribution >= 4 is 23.7 Å². The molecule has 6 heteroatoms. The van der Waals surface area contributed by atoms with Gasteiger partial charge in [-0.25, -0.2) is 5.43 Å². The van der Waals surface area contributed by atoms with Gasteiger partial charge in [-0.2, -0.15) is 5.10 Å². The van der Waals surface area contributed by atoms with E-state index in [4.69, 9.17) is 11.6 Å². The van der Waals surface area contributed by atoms with Gasteiger partial charge in [0, 0.05) is 29.1 Å². The predicted molar refractivity (Wildman–Crippen MR) is 85.1 cm³/mol. The third-order valence-corrected chi connectivity index (χ3v) is 4.17. The van der Waals surface area contributed by atoms with Crippen LogP contribution in [-0.2, 0) is 4.79 Å². The third-order valence-electron chi connectivity index (χ3n) is 3.83. The van der Waals surface area contributed by atoms with Gasteiger partial charge in [0.25, 0.3) is 0 Å². The summed E-state index contributed by atoms with van der Waals surface area (Å²) < 4.78 is 0. The first kappa shape index (κ1) is 15.9. The zero-order valence-corrected chi connectivity index (χ0v) is 13.0. The summed E-state index contributed by atoms with van der Waals surface area (Å²) in [6, 6.07) is 8.10. The van der Waals surface area contributed by atoms with Crippen LogP contribution in [0.4, 0.5) is 0 Å². The van der Waals surface area contributed by atoms with E-state index >= 15 is 0 Å². The average Bonchev–Trinajstić information content (AvgIpc) is 2.78. The largest absolute Gasteiger partial charge is 0.273 e. The van der Waals surface area contributed by atoms with Crippen molar-refractivity contribution in [2.45, 2.75) is 38.8 Å². The molecule has 1 amide bonds. The van der Waals surface area contributed by atoms with Crippen molar-refractivity contribution in [3.05, 3.63) is 34.9 Å². The van der Waals surface area contributed by atoms with Gasteiger partial charge in [0.05, 0.1) is 6.21 Å². The van der Waals surface area contributed by atoms with Gasteiger partial charge < -0.3 is 0 Å². The minimum absolute atomic E-state index is 0.0791. The van der Waals surface area contributed by atoms with E-state index in [0.29, 0.717) is 29.4 Å². The number of rotatable bonds is 5. The van der Waals surface area contributed by atoms with E-state index < -0.39 is 0 Å². The lowest BCUT2D eigenvalue weighted by molar-refractivity contribution is -0.121. The molecule has 1 aliphatic rings. The predicted octanol–water partition coefficient (Wildman–Crippen LogP) is 2.07. The van der Waals surface area contributed by atoms with E-state index in [1.165, 1.54) is 0 Å². The zero-order chi connectivity index (χ0) is 15.2. The van der Waals surface area contributed by atoms with Gasteiger partial charge in [-0.3, -0.25) is 15.6 Å². The van der Waals surface area contributed by atoms with Gasteiger partial charge in [0.1, 0.15) is 0 Å². The Labute approximate surface area is 130 Å². The van der Waals surface area contributed by atoms with Crippen LogP contribution in [0.1, 0.15) is 32.3 Å². The number of benzene rings is 1. The molecule has 0 saturated carbocycles. The monoisotopic (exact) mass is 308 g/mol. The lowest BCUT2D eigenvalue weighted by atomic mass is 9.91. The van der Waals surface area contributed by atoms with Gasteiger partial charge in [-0.1, -0.05) is 29.8 Å². The fraction of sp³-hybridized carbons (Fsp3) is 0.467. The van der Waals surface area contributed by atoms with E-state index in [2.05, 4.69) is 35.2 Å². The Balaban J connectivity index is 1.76. The smallest absolute Gasteiger partial charge is 0.240 e. The van der Waals surface area contributed by atoms with E-state index in [1.807, 2.05) is 18.2 Å². The Hall–Kier alpha value is -1.43. The summed E-state index contributed by atoms with van der Waals surface area (Å²) in [7, 11) is 0. The van der Waals surface area contributed by atoms with Crippen LogP contribution < -0.4 is 16.3 Å². The van der Waals surface area contributed by atoms with Crippen molar-refractivity contribution in [2.75, 3.05) is 0 Å². The Morgan fingerprint density at radius 2 is 2.00 bits per heavy atom. The molecule has 2 rings (SSSR count). The number of hydrogen-bond donors (Lipinski definition) is 3. The van der Waals surface area contributed by atoms with Crippen molar-refractivity contribution in [1.82, 2.24) is 16.3 Å². The molecule has 114 valence electrons. The van der Waals surface area contributed by atoms with E-state index in [0.717, 1.165) is 12.0 Å². The minimum Gasteiger partial charge on any atom is -0.273 e. The van der Waals surface area contributed by atoms with Crippen LogP contribution in [0.15, 0.2) is 29.4 Å². The molecule has 0 spiro atoms. The molecule has 21 heavy (non-hydrogen) atoms. The highest BCUT2D eigenvalue weighted by Gasteiger charge is 2.29. The Morgan fingerprint density at radius 3 is 2.67 bits per heavy atom. The summed E-state index contributed by atoms with van der Waals surface area (Å²) in [5.41, 5.74) is 9.70. The molecule has 1 fully saturated rings. The topological polar surface area (TPSA) is 65.5 Å². The first-order chi connectivity index (χ1) is 10.1. The van der Waals surface area contributed by atoms with Crippen LogP contribution in [-0.4, -0.2) is 24.2 Å². The first-order valence-electron chi connectivity index (χ1n) is 7.15. The SMILES string of the molecule is CC1NNC(C)C1CCC(=O)N/N=C/c1ccccc1Cl. The van der Waals surface area contributed by atoms with Crippen LogP contribution in [0.2, 0.25) is 5.02 Å². The second-order valence-corrected chi connectivity index (χ2v) is 5.79. The summed E-state index contributed by atoms with van der Waals surface area (Å²) in [5.74, 6) is 0.368. The molecule has 0 aromatic heterocycles. The van der Waals surface area contributed by atoms with Gasteiger partial charge in [-0.05, 0) is 32.3 Å². The second-order valence-electron chi connectivity index (χ2n) is 5.38. The minimum atomic E-state index is -0.0791. The third kappa shape index (κ3) is 4.52. The van der Waals surface area contributed by atoms with Crippen LogP contribution in [0.3, 0.4) is 0 Å². The number of carbonyl (C=O) groups is 1. The fourth-order valence-corrected chi connectivity index (χ4v) is 2.70. The standard InChI is InChI=1S/C15H21ClN4O/c1-10-13(11(2)19-18-10)7-8-15(21)20-17-9-12-5-3-4-6-14(12)16/h3-6,9-11,13,18-19H,7-8H2,1-2H3,(H,20,21)/b17-9+. The lowest BCUT2D eigenvalue weighted by Crippen LogP contribution is -2.30. The highest BCUT2D eigenvalue weighted by atomic mass is 35.5. The summed E-state index contributed by atoms with van der Waals surface area (Å²) in [6.07, 6.45) is 2.85. The first-order valence-corrected chi connectivity index (χ1v) is 7.53. The molecule has 0 bridgehead atoms. The van der Waals surface area contributed by atoms with Crippen LogP contribution >= 0.6 is 11.6 Å². The summed E-state index contributed by atoms with van der Waals surface area (Å²) >= 11 is 6.00. The number of hydrogen-bond acceptors (Lipinski definition) is 4. The number of nitrogens with zero attached hydrogens (tertiary/aromatic N) is 1. The van der Waals surface area contributed by atoms with Gasteiger partial charge in [0.2, 0.25) is 5.91 Å². The fourth-order valence-electron chi connectivity index (χ4n) is 2.52. The van der Waals surface area contributed by atoms with E-state index in [-0.39, 0.29) is 5.91 Å². The van der Waals surface area contributed by atoms with Crippen molar-refractivity contribution in [3.63, 3.8) is 0 Å². The molecule has 1 heterocycles. The van der Waals surface area contributed by atoms with Crippen molar-refractivity contribution in [2.24, 2.45) is 11.0 Å². The number of nitrogens with one attached hydrogen (secondary N) is 3. The maximum atomic E-state index is 11.8. The normalized spacial score (nSPS) is 25.4. The molecule has 2 unspecified atom stereocenters. The number of hydrazine groups is 1. The Morgan fingerprint density at radius 1 is 1.33 bits per heavy atom. The number of halogens is 1. The molecular formula is C15H21ClN4O. The molecule has 5 nitrogen and oxygen atoms in total. The number of carbonyl (C=O) groups excluding carboxylic acids is 1. The van der Waals surface area contributed by atoms with Crippen LogP contribution in [0.5, 0.6) is 0 Å². The van der Waals surface area contributed by atoms with E-state index in [9.17, 15) is 4.79 Å². The molecule has 0 radical (unpaired) electrons. The Kier molecular flexibility index (Phi) is 5.73. The summed E-state index contributed by atoms with van der Waals surface area (Å²) in [5, 5.41) is 4.56. The molecule has 2 atom stereocenters. The van der Waals surface area contributed by atoms with Crippen LogP contribution in [0, 0.1) is 5.92 Å². The summed E-state index contributed by atoms with van der Waals surface area (Å²) in [6.45, 7) is 4.24. The van der Waals surface area contributed by atoms with Gasteiger partial charge in [-0.15, -0.1) is 0 Å². The van der Waals surface area contributed by atoms with E-state index in [1.54, 1.807) is 12.3 Å². The zero-order valence-electron chi connectivity index (χ0n) is 12.3. The Bertz CT molecular complexity index is 510. The molecule has 1 aromatic rings. The molecular weight excluding hydrogens is 288 g/mol. The highest BCUT2D eigenvalue weighted by Crippen LogP contribution is 2.19. The number of amides is 1. The lowest BCUT2D eigenvalue weighted by Gasteiger charge is -2.16. The maximum absolute atomic E-state index is 11.8. The van der Waals surface area contributed by atoms with Crippen molar-refractivity contribution in [3.8, 4) is 0 Å². The molecule has 1 aliphatic heterocycles. The summed E-state index contributed by atoms with van der Waals surface area (Å²) in [4.78, 5) is 11.8. The highest BCUT2D eigenvalue weighted by molar-refractivity contribution is 6.33. The maximum Gasteiger partial charge on any atom is 0.240 e. The van der Waals surface area contributed by atoms with Gasteiger partial charge >= 0.3 is 0 Å². The molecule has 3 N–H and O–H groups in total. The number of hydrazone groups is 1.